The van der Waals surface area contributed by atoms with Gasteiger partial charge in [0, 0.05) is 32.5 Å². The number of hydrogen-bond donors (Lipinski definition) is 0. The highest BCUT2D eigenvalue weighted by Gasteiger charge is 2.02. The molecule has 0 atom stereocenters. The van der Waals surface area contributed by atoms with Crippen LogP contribution in [0.15, 0.2) is 23.1 Å². The smallest absolute Gasteiger partial charge is 0.250 e. The maximum atomic E-state index is 11.6. The van der Waals surface area contributed by atoms with Crippen LogP contribution in [0.5, 0.6) is 0 Å². The molecule has 0 unspecified atom stereocenters. The third kappa shape index (κ3) is 5.02. The number of nitrogens with zero attached hydrogens (tertiary/aromatic N) is 2. The Morgan fingerprint density at radius 1 is 1.39 bits per heavy atom. The van der Waals surface area contributed by atoms with E-state index in [1.54, 1.807) is 17.7 Å². The van der Waals surface area contributed by atoms with Crippen LogP contribution in [-0.4, -0.2) is 36.8 Å². The molecule has 0 saturated carbocycles. The summed E-state index contributed by atoms with van der Waals surface area (Å²) in [4.78, 5) is 13.9. The molecule has 0 aliphatic heterocycles. The van der Waals surface area contributed by atoms with Gasteiger partial charge in [0.2, 0.25) is 0 Å². The number of unbranched alkanes of at least 4 members (excludes halogenated alkanes) is 1. The zero-order valence-corrected chi connectivity index (χ0v) is 11.7. The summed E-state index contributed by atoms with van der Waals surface area (Å²) in [6.45, 7) is 5.34. The van der Waals surface area contributed by atoms with Crippen molar-refractivity contribution >= 4 is 0 Å². The van der Waals surface area contributed by atoms with Gasteiger partial charge in [-0.25, -0.2) is 0 Å². The highest BCUT2D eigenvalue weighted by molar-refractivity contribution is 5.09. The van der Waals surface area contributed by atoms with Gasteiger partial charge >= 0.3 is 0 Å². The van der Waals surface area contributed by atoms with Gasteiger partial charge in [0.05, 0.1) is 6.61 Å². The van der Waals surface area contributed by atoms with Gasteiger partial charge in [0.1, 0.15) is 0 Å². The van der Waals surface area contributed by atoms with Crippen molar-refractivity contribution in [3.05, 3.63) is 34.2 Å². The summed E-state index contributed by atoms with van der Waals surface area (Å²) >= 11 is 0. The zero-order chi connectivity index (χ0) is 13.4. The Morgan fingerprint density at radius 3 is 2.83 bits per heavy atom. The fraction of sp³-hybridized carbons (Fsp3) is 0.643. The summed E-state index contributed by atoms with van der Waals surface area (Å²) in [5, 5.41) is 0. The maximum Gasteiger partial charge on any atom is 0.250 e. The molecule has 0 aromatic carbocycles. The molecule has 0 aliphatic rings. The van der Waals surface area contributed by atoms with Crippen molar-refractivity contribution in [1.29, 1.82) is 0 Å². The topological polar surface area (TPSA) is 34.5 Å². The number of pyridine rings is 1. The van der Waals surface area contributed by atoms with Gasteiger partial charge in [0.25, 0.3) is 5.56 Å². The molecule has 0 radical (unpaired) electrons. The highest BCUT2D eigenvalue weighted by atomic mass is 16.5. The van der Waals surface area contributed by atoms with E-state index in [9.17, 15) is 4.79 Å². The summed E-state index contributed by atoms with van der Waals surface area (Å²) in [7, 11) is 3.76. The first kappa shape index (κ1) is 14.9. The minimum atomic E-state index is 0.0343. The molecule has 0 fully saturated rings. The first-order chi connectivity index (χ1) is 8.67. The largest absolute Gasteiger partial charge is 0.383 e. The average Bonchev–Trinajstić information content (AvgIpc) is 2.37. The lowest BCUT2D eigenvalue weighted by Gasteiger charge is -2.17. The first-order valence-electron chi connectivity index (χ1n) is 6.54. The van der Waals surface area contributed by atoms with E-state index < -0.39 is 0 Å². The van der Waals surface area contributed by atoms with E-state index in [-0.39, 0.29) is 5.56 Å². The van der Waals surface area contributed by atoms with Gasteiger partial charge in [-0.3, -0.25) is 4.79 Å². The molecule has 1 heterocycles. The van der Waals surface area contributed by atoms with E-state index in [1.807, 2.05) is 12.3 Å². The van der Waals surface area contributed by atoms with E-state index >= 15 is 0 Å². The summed E-state index contributed by atoms with van der Waals surface area (Å²) in [5.41, 5.74) is 1.20. The third-order valence-electron chi connectivity index (χ3n) is 2.93. The summed E-state index contributed by atoms with van der Waals surface area (Å²) in [6, 6.07) is 3.55. The van der Waals surface area contributed by atoms with Gasteiger partial charge in [-0.2, -0.15) is 0 Å². The fourth-order valence-corrected chi connectivity index (χ4v) is 1.86. The van der Waals surface area contributed by atoms with E-state index in [0.29, 0.717) is 13.2 Å². The van der Waals surface area contributed by atoms with Crippen molar-refractivity contribution in [2.24, 2.45) is 0 Å². The lowest BCUT2D eigenvalue weighted by molar-refractivity contribution is 0.186. The molecule has 0 spiro atoms. The predicted octanol–water partition coefficient (Wildman–Crippen LogP) is 1.73. The van der Waals surface area contributed by atoms with Crippen molar-refractivity contribution in [3.8, 4) is 0 Å². The van der Waals surface area contributed by atoms with Gasteiger partial charge in [-0.05, 0) is 25.6 Å². The van der Waals surface area contributed by atoms with Gasteiger partial charge < -0.3 is 14.2 Å². The van der Waals surface area contributed by atoms with E-state index in [0.717, 1.165) is 13.1 Å². The van der Waals surface area contributed by atoms with Crippen molar-refractivity contribution in [2.45, 2.75) is 32.9 Å². The molecule has 4 heteroatoms. The number of methoxy groups -OCH3 is 1. The molecule has 0 saturated heterocycles. The van der Waals surface area contributed by atoms with Crippen LogP contribution in [0.25, 0.3) is 0 Å². The third-order valence-corrected chi connectivity index (χ3v) is 2.93. The van der Waals surface area contributed by atoms with Crippen LogP contribution in [-0.2, 0) is 17.8 Å². The molecule has 0 aliphatic carbocycles. The summed E-state index contributed by atoms with van der Waals surface area (Å²) in [6.07, 6.45) is 4.35. The molecular formula is C14H24N2O2. The second-order valence-corrected chi connectivity index (χ2v) is 4.65. The normalized spacial score (nSPS) is 11.1. The van der Waals surface area contributed by atoms with E-state index in [2.05, 4.69) is 18.9 Å². The number of rotatable bonds is 8. The van der Waals surface area contributed by atoms with Crippen molar-refractivity contribution in [3.63, 3.8) is 0 Å². The van der Waals surface area contributed by atoms with E-state index in [1.165, 1.54) is 18.4 Å². The molecule has 1 rings (SSSR count). The second-order valence-electron chi connectivity index (χ2n) is 4.65. The molecule has 4 nitrogen and oxygen atoms in total. The zero-order valence-electron chi connectivity index (χ0n) is 11.7. The van der Waals surface area contributed by atoms with Crippen LogP contribution in [0.3, 0.4) is 0 Å². The molecule has 18 heavy (non-hydrogen) atoms. The molecule has 1 aromatic heterocycles. The summed E-state index contributed by atoms with van der Waals surface area (Å²) < 4.78 is 6.72. The van der Waals surface area contributed by atoms with Crippen molar-refractivity contribution in [1.82, 2.24) is 9.47 Å². The van der Waals surface area contributed by atoms with Gasteiger partial charge in [0.15, 0.2) is 0 Å². The molecule has 1 aromatic rings. The van der Waals surface area contributed by atoms with Gasteiger partial charge in [-0.1, -0.05) is 19.4 Å². The quantitative estimate of drug-likeness (QED) is 0.706. The molecule has 0 N–H and O–H groups in total. The van der Waals surface area contributed by atoms with Crippen LogP contribution in [0, 0.1) is 0 Å². The average molecular weight is 252 g/mol. The Bertz CT molecular complexity index is 401. The van der Waals surface area contributed by atoms with Crippen LogP contribution < -0.4 is 5.56 Å². The Balaban J connectivity index is 2.63. The van der Waals surface area contributed by atoms with Gasteiger partial charge in [-0.15, -0.1) is 0 Å². The monoisotopic (exact) mass is 252 g/mol. The lowest BCUT2D eigenvalue weighted by Crippen LogP contribution is -2.24. The number of ether oxygens (including phenoxy) is 1. The van der Waals surface area contributed by atoms with E-state index in [4.69, 9.17) is 4.74 Å². The Hall–Kier alpha value is -1.13. The standard InChI is InChI=1S/C14H24N2O2/c1-4-5-8-15(2)11-13-6-7-14(17)16(12-13)9-10-18-3/h6-7,12H,4-5,8-11H2,1-3H3. The van der Waals surface area contributed by atoms with Crippen molar-refractivity contribution in [2.75, 3.05) is 27.3 Å². The Morgan fingerprint density at radius 2 is 2.17 bits per heavy atom. The van der Waals surface area contributed by atoms with Crippen LogP contribution in [0.1, 0.15) is 25.3 Å². The molecule has 102 valence electrons. The lowest BCUT2D eigenvalue weighted by atomic mass is 10.2. The second kappa shape index (κ2) is 8.06. The fourth-order valence-electron chi connectivity index (χ4n) is 1.86. The molecular weight excluding hydrogens is 228 g/mol. The highest BCUT2D eigenvalue weighted by Crippen LogP contribution is 2.02. The van der Waals surface area contributed by atoms with Crippen LogP contribution in [0.4, 0.5) is 0 Å². The number of aromatic nitrogens is 1. The van der Waals surface area contributed by atoms with Crippen LogP contribution in [0.2, 0.25) is 0 Å². The summed E-state index contributed by atoms with van der Waals surface area (Å²) in [5.74, 6) is 0. The predicted molar refractivity (Wildman–Crippen MR) is 73.8 cm³/mol. The minimum absolute atomic E-state index is 0.0343. The molecule has 0 bridgehead atoms. The maximum absolute atomic E-state index is 11.6. The first-order valence-corrected chi connectivity index (χ1v) is 6.54. The minimum Gasteiger partial charge on any atom is -0.383 e. The van der Waals surface area contributed by atoms with Crippen molar-refractivity contribution < 1.29 is 4.74 Å². The Labute approximate surface area is 109 Å². The number of hydrogen-bond acceptors (Lipinski definition) is 3. The van der Waals surface area contributed by atoms with Crippen LogP contribution >= 0.6 is 0 Å². The Kier molecular flexibility index (Phi) is 6.68. The molecule has 0 amide bonds. The SMILES string of the molecule is CCCCN(C)Cc1ccc(=O)n(CCOC)c1.